The number of nitrogens with one attached hydrogen (secondary N) is 1. The predicted octanol–water partition coefficient (Wildman–Crippen LogP) is 3.36. The fourth-order valence-electron chi connectivity index (χ4n) is 2.09. The van der Waals surface area contributed by atoms with Gasteiger partial charge in [-0.1, -0.05) is 6.07 Å². The van der Waals surface area contributed by atoms with E-state index in [0.717, 1.165) is 22.8 Å². The van der Waals surface area contributed by atoms with Crippen molar-refractivity contribution in [3.8, 4) is 11.5 Å². The molecule has 0 aliphatic heterocycles. The first-order valence-electron chi connectivity index (χ1n) is 7.15. The quantitative estimate of drug-likeness (QED) is 0.847. The van der Waals surface area contributed by atoms with Crippen LogP contribution in [-0.4, -0.2) is 30.2 Å². The summed E-state index contributed by atoms with van der Waals surface area (Å²) >= 11 is 0. The highest BCUT2D eigenvalue weighted by Crippen LogP contribution is 2.29. The molecular formula is C16H19F2N3O2. The monoisotopic (exact) mass is 323 g/mol. The van der Waals surface area contributed by atoms with Crippen LogP contribution in [-0.2, 0) is 6.42 Å². The molecule has 23 heavy (non-hydrogen) atoms. The minimum absolute atomic E-state index is 0.0338. The van der Waals surface area contributed by atoms with Crippen molar-refractivity contribution < 1.29 is 18.3 Å². The number of rotatable bonds is 7. The highest BCUT2D eigenvalue weighted by Gasteiger charge is 2.11. The van der Waals surface area contributed by atoms with Gasteiger partial charge < -0.3 is 14.8 Å². The van der Waals surface area contributed by atoms with Crippen LogP contribution in [0.1, 0.15) is 17.0 Å². The van der Waals surface area contributed by atoms with Gasteiger partial charge in [0, 0.05) is 12.7 Å². The van der Waals surface area contributed by atoms with Crippen molar-refractivity contribution in [2.45, 2.75) is 26.9 Å². The van der Waals surface area contributed by atoms with Crippen molar-refractivity contribution in [3.63, 3.8) is 0 Å². The average Bonchev–Trinajstić information content (AvgIpc) is 2.50. The molecule has 1 aromatic carbocycles. The van der Waals surface area contributed by atoms with Crippen molar-refractivity contribution >= 4 is 5.82 Å². The zero-order valence-corrected chi connectivity index (χ0v) is 13.3. The van der Waals surface area contributed by atoms with E-state index in [-0.39, 0.29) is 11.5 Å². The zero-order valence-electron chi connectivity index (χ0n) is 13.3. The molecule has 0 atom stereocenters. The summed E-state index contributed by atoms with van der Waals surface area (Å²) in [5, 5.41) is 3.20. The van der Waals surface area contributed by atoms with Gasteiger partial charge in [0.05, 0.1) is 18.5 Å². The van der Waals surface area contributed by atoms with Gasteiger partial charge in [0.1, 0.15) is 5.82 Å². The number of aryl methyl sites for hydroxylation is 2. The SMILES string of the molecule is COc1ccc(CCNc2nc(C)cnc2C)cc1OC(F)F. The van der Waals surface area contributed by atoms with Crippen LogP contribution in [0.2, 0.25) is 0 Å². The lowest BCUT2D eigenvalue weighted by atomic mass is 10.1. The minimum Gasteiger partial charge on any atom is -0.493 e. The minimum atomic E-state index is -2.89. The van der Waals surface area contributed by atoms with E-state index in [0.29, 0.717) is 13.0 Å². The van der Waals surface area contributed by atoms with Crippen LogP contribution in [0, 0.1) is 13.8 Å². The third kappa shape index (κ3) is 4.77. The first kappa shape index (κ1) is 16.9. The number of aromatic nitrogens is 2. The Kier molecular flexibility index (Phi) is 5.67. The van der Waals surface area contributed by atoms with Crippen LogP contribution >= 0.6 is 0 Å². The average molecular weight is 323 g/mol. The zero-order chi connectivity index (χ0) is 16.8. The number of nitrogens with zero attached hydrogens (tertiary/aromatic N) is 2. The van der Waals surface area contributed by atoms with Gasteiger partial charge in [0.2, 0.25) is 0 Å². The second-order valence-electron chi connectivity index (χ2n) is 4.99. The van der Waals surface area contributed by atoms with Crippen LogP contribution in [0.15, 0.2) is 24.4 Å². The van der Waals surface area contributed by atoms with Gasteiger partial charge in [0.25, 0.3) is 0 Å². The Morgan fingerprint density at radius 2 is 2.00 bits per heavy atom. The number of hydrogen-bond acceptors (Lipinski definition) is 5. The van der Waals surface area contributed by atoms with Crippen molar-refractivity contribution in [2.75, 3.05) is 19.0 Å². The molecule has 124 valence electrons. The number of hydrogen-bond donors (Lipinski definition) is 1. The smallest absolute Gasteiger partial charge is 0.387 e. The summed E-state index contributed by atoms with van der Waals surface area (Å²) in [7, 11) is 1.41. The van der Waals surface area contributed by atoms with Gasteiger partial charge in [-0.2, -0.15) is 8.78 Å². The lowest BCUT2D eigenvalue weighted by molar-refractivity contribution is -0.0512. The number of methoxy groups -OCH3 is 1. The maximum absolute atomic E-state index is 12.4. The molecule has 0 saturated carbocycles. The number of alkyl halides is 2. The highest BCUT2D eigenvalue weighted by molar-refractivity contribution is 5.44. The molecule has 0 radical (unpaired) electrons. The molecule has 0 amide bonds. The summed E-state index contributed by atoms with van der Waals surface area (Å²) in [5.41, 5.74) is 2.49. The second kappa shape index (κ2) is 7.71. The number of anilines is 1. The lowest BCUT2D eigenvalue weighted by Crippen LogP contribution is -2.09. The van der Waals surface area contributed by atoms with E-state index in [4.69, 9.17) is 4.74 Å². The van der Waals surface area contributed by atoms with Gasteiger partial charge in [-0.25, -0.2) is 4.98 Å². The predicted molar refractivity (Wildman–Crippen MR) is 83.3 cm³/mol. The Hall–Kier alpha value is -2.44. The molecule has 1 N–H and O–H groups in total. The summed E-state index contributed by atoms with van der Waals surface area (Å²) in [5.74, 6) is 1.04. The Labute approximate surface area is 133 Å². The molecule has 2 rings (SSSR count). The maximum atomic E-state index is 12.4. The van der Waals surface area contributed by atoms with Gasteiger partial charge >= 0.3 is 6.61 Å². The summed E-state index contributed by atoms with van der Waals surface area (Å²) in [6, 6.07) is 4.99. The van der Waals surface area contributed by atoms with Crippen LogP contribution in [0.5, 0.6) is 11.5 Å². The largest absolute Gasteiger partial charge is 0.493 e. The van der Waals surface area contributed by atoms with Gasteiger partial charge in [-0.15, -0.1) is 0 Å². The topological polar surface area (TPSA) is 56.3 Å². The van der Waals surface area contributed by atoms with Gasteiger partial charge in [0.15, 0.2) is 11.5 Å². The molecule has 0 saturated heterocycles. The third-order valence-electron chi connectivity index (χ3n) is 3.23. The fourth-order valence-corrected chi connectivity index (χ4v) is 2.09. The summed E-state index contributed by atoms with van der Waals surface area (Å²) in [6.07, 6.45) is 2.33. The Morgan fingerprint density at radius 1 is 1.22 bits per heavy atom. The Balaban J connectivity index is 2.01. The van der Waals surface area contributed by atoms with Gasteiger partial charge in [-0.05, 0) is 38.0 Å². The van der Waals surface area contributed by atoms with Crippen molar-refractivity contribution in [1.82, 2.24) is 9.97 Å². The molecule has 1 heterocycles. The number of ether oxygens (including phenoxy) is 2. The van der Waals surface area contributed by atoms with Gasteiger partial charge in [-0.3, -0.25) is 4.98 Å². The molecule has 5 nitrogen and oxygen atoms in total. The Morgan fingerprint density at radius 3 is 2.70 bits per heavy atom. The summed E-state index contributed by atoms with van der Waals surface area (Å²) in [6.45, 7) is 1.45. The molecule has 0 aliphatic carbocycles. The molecule has 0 aliphatic rings. The van der Waals surface area contributed by atoms with E-state index in [1.54, 1.807) is 18.3 Å². The van der Waals surface area contributed by atoms with Crippen LogP contribution in [0.3, 0.4) is 0 Å². The molecule has 1 aromatic heterocycles. The van der Waals surface area contributed by atoms with Crippen LogP contribution in [0.25, 0.3) is 0 Å². The van der Waals surface area contributed by atoms with Crippen LogP contribution < -0.4 is 14.8 Å². The fraction of sp³-hybridized carbons (Fsp3) is 0.375. The van der Waals surface area contributed by atoms with E-state index in [2.05, 4.69) is 20.0 Å². The van der Waals surface area contributed by atoms with E-state index >= 15 is 0 Å². The lowest BCUT2D eigenvalue weighted by Gasteiger charge is -2.12. The number of benzene rings is 1. The standard InChI is InChI=1S/C16H19F2N3O2/c1-10-9-20-11(2)15(21-10)19-7-6-12-4-5-13(22-3)14(8-12)23-16(17)18/h4-5,8-9,16H,6-7H2,1-3H3,(H,19,21). The molecular weight excluding hydrogens is 304 g/mol. The molecule has 0 fully saturated rings. The van der Waals surface area contributed by atoms with E-state index in [1.165, 1.54) is 7.11 Å². The Bertz CT molecular complexity index is 666. The molecule has 0 unspecified atom stereocenters. The molecule has 7 heteroatoms. The molecule has 0 spiro atoms. The molecule has 2 aromatic rings. The molecule has 0 bridgehead atoms. The second-order valence-corrected chi connectivity index (χ2v) is 4.99. The summed E-state index contributed by atoms with van der Waals surface area (Å²) < 4.78 is 34.3. The van der Waals surface area contributed by atoms with Crippen LogP contribution in [0.4, 0.5) is 14.6 Å². The number of halogens is 2. The van der Waals surface area contributed by atoms with E-state index in [9.17, 15) is 8.78 Å². The highest BCUT2D eigenvalue weighted by atomic mass is 19.3. The summed E-state index contributed by atoms with van der Waals surface area (Å²) in [4.78, 5) is 8.60. The van der Waals surface area contributed by atoms with Crippen molar-refractivity contribution in [2.24, 2.45) is 0 Å². The van der Waals surface area contributed by atoms with Crippen molar-refractivity contribution in [3.05, 3.63) is 41.3 Å². The first-order chi connectivity index (χ1) is 11.0. The normalized spacial score (nSPS) is 10.7. The third-order valence-corrected chi connectivity index (χ3v) is 3.23. The first-order valence-corrected chi connectivity index (χ1v) is 7.15. The van der Waals surface area contributed by atoms with Crippen molar-refractivity contribution in [1.29, 1.82) is 0 Å². The maximum Gasteiger partial charge on any atom is 0.387 e. The van der Waals surface area contributed by atoms with E-state index in [1.807, 2.05) is 19.9 Å². The van der Waals surface area contributed by atoms with E-state index < -0.39 is 6.61 Å².